The molecule has 0 heterocycles. The molecule has 0 aromatic heterocycles. The van der Waals surface area contributed by atoms with E-state index in [9.17, 15) is 0 Å². The van der Waals surface area contributed by atoms with E-state index in [1.807, 2.05) is 60.7 Å². The third-order valence-corrected chi connectivity index (χ3v) is 6.26. The fourth-order valence-corrected chi connectivity index (χ4v) is 4.03. The number of rotatable bonds is 12. The van der Waals surface area contributed by atoms with Crippen LogP contribution in [0.15, 0.2) is 95.7 Å². The van der Waals surface area contributed by atoms with Crippen LogP contribution in [-0.4, -0.2) is 26.4 Å². The highest BCUT2D eigenvalue weighted by Crippen LogP contribution is 2.31. The van der Waals surface area contributed by atoms with E-state index in [1.165, 1.54) is 0 Å². The molecule has 0 amide bonds. The monoisotopic (exact) mass is 504 g/mol. The molecule has 0 unspecified atom stereocenters. The van der Waals surface area contributed by atoms with E-state index in [0.717, 1.165) is 25.7 Å². The van der Waals surface area contributed by atoms with Crippen LogP contribution in [0.1, 0.15) is 25.7 Å². The summed E-state index contributed by atoms with van der Waals surface area (Å²) in [5.74, 6) is 2.42. The number of benzene rings is 2. The molecule has 8 N–H and O–H groups in total. The number of hydrogen-bond donors (Lipinski definition) is 4. The van der Waals surface area contributed by atoms with Gasteiger partial charge in [-0.05, 0) is 62.1 Å². The summed E-state index contributed by atoms with van der Waals surface area (Å²) in [5.41, 5.74) is 26.2. The van der Waals surface area contributed by atoms with Crippen molar-refractivity contribution in [1.29, 1.82) is 0 Å². The van der Waals surface area contributed by atoms with Crippen molar-refractivity contribution in [2.75, 3.05) is 37.9 Å². The van der Waals surface area contributed by atoms with E-state index < -0.39 is 5.41 Å². The zero-order valence-corrected chi connectivity index (χ0v) is 21.0. The van der Waals surface area contributed by atoms with Gasteiger partial charge in [-0.3, -0.25) is 0 Å². The van der Waals surface area contributed by atoms with Gasteiger partial charge in [-0.2, -0.15) is 0 Å². The van der Waals surface area contributed by atoms with Crippen molar-refractivity contribution in [3.05, 3.63) is 95.7 Å². The maximum atomic E-state index is 6.26. The van der Waals surface area contributed by atoms with Crippen LogP contribution >= 0.6 is 0 Å². The fourth-order valence-electron chi connectivity index (χ4n) is 4.03. The van der Waals surface area contributed by atoms with E-state index in [2.05, 4.69) is 0 Å². The normalized spacial score (nSPS) is 15.6. The van der Waals surface area contributed by atoms with Gasteiger partial charge in [0.2, 0.25) is 0 Å². The van der Waals surface area contributed by atoms with Crippen molar-refractivity contribution in [2.24, 2.45) is 16.9 Å². The Labute approximate surface area is 218 Å². The van der Waals surface area contributed by atoms with Crippen LogP contribution in [0.5, 0.6) is 11.5 Å². The minimum Gasteiger partial charge on any atom is -0.491 e. The lowest BCUT2D eigenvalue weighted by Crippen LogP contribution is -2.44. The predicted octanol–water partition coefficient (Wildman–Crippen LogP) is 4.37. The Balaban J connectivity index is 1.61. The van der Waals surface area contributed by atoms with E-state index in [-0.39, 0.29) is 26.4 Å². The highest BCUT2D eigenvalue weighted by molar-refractivity contribution is 5.52. The molecule has 0 bridgehead atoms. The molecular weight excluding hydrogens is 468 g/mol. The molecule has 8 nitrogen and oxygen atoms in total. The molecule has 0 saturated carbocycles. The lowest BCUT2D eigenvalue weighted by Gasteiger charge is -2.34. The first-order chi connectivity index (χ1) is 18.0. The van der Waals surface area contributed by atoms with Gasteiger partial charge >= 0.3 is 0 Å². The van der Waals surface area contributed by atoms with Gasteiger partial charge in [-0.15, -0.1) is 0 Å². The van der Waals surface area contributed by atoms with E-state index >= 15 is 0 Å². The molecule has 0 saturated heterocycles. The van der Waals surface area contributed by atoms with Crippen LogP contribution < -0.4 is 32.4 Å². The third-order valence-electron chi connectivity index (χ3n) is 6.26. The molecular formula is C29H36N4O4. The minimum absolute atomic E-state index is 0.196. The summed E-state index contributed by atoms with van der Waals surface area (Å²) in [6, 6.07) is 14.7. The summed E-state index contributed by atoms with van der Waals surface area (Å²) in [5, 5.41) is 0. The Bertz CT molecular complexity index is 1110. The van der Waals surface area contributed by atoms with Crippen molar-refractivity contribution >= 4 is 11.4 Å². The van der Waals surface area contributed by atoms with Crippen LogP contribution in [0.4, 0.5) is 11.4 Å². The summed E-state index contributed by atoms with van der Waals surface area (Å²) >= 11 is 0. The maximum absolute atomic E-state index is 6.26. The zero-order chi connectivity index (χ0) is 26.1. The van der Waals surface area contributed by atoms with Gasteiger partial charge in [0.15, 0.2) is 0 Å². The van der Waals surface area contributed by atoms with E-state index in [1.54, 1.807) is 12.1 Å². The van der Waals surface area contributed by atoms with Gasteiger partial charge in [0.1, 0.15) is 54.9 Å². The summed E-state index contributed by atoms with van der Waals surface area (Å²) in [6.07, 6.45) is 11.4. The van der Waals surface area contributed by atoms with Crippen molar-refractivity contribution in [1.82, 2.24) is 0 Å². The molecule has 0 atom stereocenters. The van der Waals surface area contributed by atoms with Crippen LogP contribution in [0, 0.1) is 5.41 Å². The van der Waals surface area contributed by atoms with Gasteiger partial charge in [0, 0.05) is 0 Å². The molecule has 8 heteroatoms. The number of hydrogen-bond acceptors (Lipinski definition) is 8. The van der Waals surface area contributed by atoms with Crippen LogP contribution in [0.2, 0.25) is 0 Å². The minimum atomic E-state index is -0.776. The summed E-state index contributed by atoms with van der Waals surface area (Å²) in [4.78, 5) is 0. The first kappa shape index (κ1) is 25.9. The molecule has 2 aliphatic carbocycles. The van der Waals surface area contributed by atoms with Gasteiger partial charge in [-0.1, -0.05) is 36.4 Å². The highest BCUT2D eigenvalue weighted by Gasteiger charge is 2.37. The topological polar surface area (TPSA) is 141 Å². The lowest BCUT2D eigenvalue weighted by atomic mass is 9.91. The fraction of sp³-hybridized carbons (Fsp3) is 0.310. The molecule has 0 aliphatic heterocycles. The smallest absolute Gasteiger partial charge is 0.142 e. The molecule has 0 radical (unpaired) electrons. The Morgan fingerprint density at radius 2 is 0.892 bits per heavy atom. The molecule has 37 heavy (non-hydrogen) atoms. The number of allylic oxidation sites excluding steroid dienone is 4. The predicted molar refractivity (Wildman–Crippen MR) is 146 cm³/mol. The molecule has 196 valence electrons. The summed E-state index contributed by atoms with van der Waals surface area (Å²) < 4.78 is 25.0. The average molecular weight is 505 g/mol. The maximum Gasteiger partial charge on any atom is 0.142 e. The molecule has 0 fully saturated rings. The molecule has 0 spiro atoms. The van der Waals surface area contributed by atoms with Gasteiger partial charge < -0.3 is 41.9 Å². The molecule has 2 aliphatic rings. The summed E-state index contributed by atoms with van der Waals surface area (Å²) in [7, 11) is 0. The van der Waals surface area contributed by atoms with E-state index in [0.29, 0.717) is 45.8 Å². The van der Waals surface area contributed by atoms with E-state index in [4.69, 9.17) is 41.9 Å². The Kier molecular flexibility index (Phi) is 8.51. The van der Waals surface area contributed by atoms with Gasteiger partial charge in [0.05, 0.1) is 22.8 Å². The Hall–Kier alpha value is -4.20. The van der Waals surface area contributed by atoms with Crippen LogP contribution in [0.3, 0.4) is 0 Å². The number of ether oxygens (including phenoxy) is 4. The van der Waals surface area contributed by atoms with Crippen molar-refractivity contribution in [2.45, 2.75) is 25.7 Å². The second-order valence-electron chi connectivity index (χ2n) is 9.34. The second kappa shape index (κ2) is 12.2. The first-order valence-electron chi connectivity index (χ1n) is 12.5. The molecule has 2 aromatic carbocycles. The standard InChI is InChI=1S/C29H36N4O4/c30-21-9-1-5-13-25(21)34-17-29(18-35-26-14-6-2-10-22(26)31,19-36-27-15-7-3-11-23(27)32)20-37-28-16-8-4-12-24(28)33/h1-2,5-6,9-16H,3-4,7-8,17-20,30-33H2. The Morgan fingerprint density at radius 3 is 1.30 bits per heavy atom. The second-order valence-corrected chi connectivity index (χ2v) is 9.34. The summed E-state index contributed by atoms with van der Waals surface area (Å²) in [6.45, 7) is 0.816. The van der Waals surface area contributed by atoms with Crippen LogP contribution in [-0.2, 0) is 9.47 Å². The zero-order valence-electron chi connectivity index (χ0n) is 21.0. The highest BCUT2D eigenvalue weighted by atomic mass is 16.5. The van der Waals surface area contributed by atoms with Crippen molar-refractivity contribution in [3.63, 3.8) is 0 Å². The molecule has 4 rings (SSSR count). The third kappa shape index (κ3) is 6.94. The largest absolute Gasteiger partial charge is 0.491 e. The number of anilines is 2. The van der Waals surface area contributed by atoms with Crippen molar-refractivity contribution < 1.29 is 18.9 Å². The molecule has 2 aromatic rings. The first-order valence-corrected chi connectivity index (χ1v) is 12.5. The number of nitrogens with two attached hydrogens (primary N) is 4. The van der Waals surface area contributed by atoms with Crippen LogP contribution in [0.25, 0.3) is 0 Å². The lowest BCUT2D eigenvalue weighted by molar-refractivity contribution is -0.0362. The van der Waals surface area contributed by atoms with Crippen molar-refractivity contribution in [3.8, 4) is 11.5 Å². The number of nitrogen functional groups attached to an aromatic ring is 2. The SMILES string of the molecule is NC1=CCCC=C1OCC(COC1=CCCC=C1N)(COc1ccccc1N)COc1ccccc1N. The quantitative estimate of drug-likeness (QED) is 0.312. The van der Waals surface area contributed by atoms with Gasteiger partial charge in [-0.25, -0.2) is 0 Å². The van der Waals surface area contributed by atoms with Gasteiger partial charge in [0.25, 0.3) is 0 Å². The Morgan fingerprint density at radius 1 is 0.514 bits per heavy atom. The average Bonchev–Trinajstić information content (AvgIpc) is 2.91. The number of para-hydroxylation sites is 4.